The first-order valence-electron chi connectivity index (χ1n) is 5.11. The van der Waals surface area contributed by atoms with Crippen LogP contribution in [0.2, 0.25) is 0 Å². The van der Waals surface area contributed by atoms with Gasteiger partial charge in [-0.3, -0.25) is 0 Å². The average Bonchev–Trinajstić information content (AvgIpc) is 2.48. The highest BCUT2D eigenvalue weighted by Gasteiger charge is 2.11. The molecule has 0 saturated carbocycles. The number of nitrogens with zero attached hydrogens (tertiary/aromatic N) is 2. The number of sulfone groups is 1. The summed E-state index contributed by atoms with van der Waals surface area (Å²) in [5, 5.41) is 3.60. The quantitative estimate of drug-likeness (QED) is 0.775. The Labute approximate surface area is 95.1 Å². The Morgan fingerprint density at radius 1 is 1.50 bits per heavy atom. The second-order valence-electron chi connectivity index (χ2n) is 4.04. The predicted molar refractivity (Wildman–Crippen MR) is 59.4 cm³/mol. The minimum absolute atomic E-state index is 0.151. The third kappa shape index (κ3) is 5.22. The Morgan fingerprint density at radius 2 is 2.19 bits per heavy atom. The minimum atomic E-state index is -3.10. The van der Waals surface area contributed by atoms with Gasteiger partial charge in [0.2, 0.25) is 5.89 Å². The van der Waals surface area contributed by atoms with Crippen LogP contribution in [0, 0.1) is 0 Å². The predicted octanol–water partition coefficient (Wildman–Crippen LogP) is 0.284. The number of nitrogens with two attached hydrogens (primary N) is 1. The first kappa shape index (κ1) is 13.1. The Balaban J connectivity index is 2.46. The van der Waals surface area contributed by atoms with E-state index in [0.29, 0.717) is 12.3 Å². The first-order chi connectivity index (χ1) is 7.37. The standard InChI is InChI=1S/C9H17N3O3S/c1-7(10)4-3-5-9-11-8(12-15-9)6-16(2,13)14/h7H,3-6,10H2,1-2H3. The molecule has 1 rings (SSSR count). The largest absolute Gasteiger partial charge is 0.339 e. The van der Waals surface area contributed by atoms with Crippen LogP contribution < -0.4 is 5.73 Å². The Hall–Kier alpha value is -0.950. The molecule has 92 valence electrons. The fourth-order valence-corrected chi connectivity index (χ4v) is 1.85. The molecule has 1 heterocycles. The van der Waals surface area contributed by atoms with E-state index in [4.69, 9.17) is 10.3 Å². The molecule has 1 aromatic heterocycles. The average molecular weight is 247 g/mol. The molecule has 6 nitrogen and oxygen atoms in total. The molecule has 0 aromatic carbocycles. The third-order valence-corrected chi connectivity index (χ3v) is 2.73. The zero-order valence-electron chi connectivity index (χ0n) is 9.51. The smallest absolute Gasteiger partial charge is 0.226 e. The summed E-state index contributed by atoms with van der Waals surface area (Å²) in [4.78, 5) is 3.99. The Bertz CT molecular complexity index is 425. The molecule has 1 atom stereocenters. The summed E-state index contributed by atoms with van der Waals surface area (Å²) in [6, 6.07) is 0.151. The topological polar surface area (TPSA) is 99.1 Å². The van der Waals surface area contributed by atoms with E-state index in [1.54, 1.807) is 0 Å². The lowest BCUT2D eigenvalue weighted by molar-refractivity contribution is 0.369. The van der Waals surface area contributed by atoms with Gasteiger partial charge in [0.25, 0.3) is 0 Å². The van der Waals surface area contributed by atoms with Gasteiger partial charge in [-0.25, -0.2) is 8.42 Å². The highest BCUT2D eigenvalue weighted by molar-refractivity contribution is 7.89. The molecule has 0 aliphatic rings. The maximum Gasteiger partial charge on any atom is 0.226 e. The maximum absolute atomic E-state index is 11.0. The van der Waals surface area contributed by atoms with Crippen LogP contribution in [0.5, 0.6) is 0 Å². The van der Waals surface area contributed by atoms with Gasteiger partial charge in [-0.15, -0.1) is 0 Å². The molecule has 0 aliphatic carbocycles. The second kappa shape index (κ2) is 5.40. The van der Waals surface area contributed by atoms with Crippen LogP contribution in [0.1, 0.15) is 31.5 Å². The molecule has 1 unspecified atom stereocenters. The van der Waals surface area contributed by atoms with E-state index < -0.39 is 9.84 Å². The van der Waals surface area contributed by atoms with Crippen molar-refractivity contribution in [3.63, 3.8) is 0 Å². The SMILES string of the molecule is CC(N)CCCc1nc(CS(C)(=O)=O)no1. The number of aromatic nitrogens is 2. The van der Waals surface area contributed by atoms with E-state index >= 15 is 0 Å². The lowest BCUT2D eigenvalue weighted by atomic mass is 10.1. The maximum atomic E-state index is 11.0. The normalized spacial score (nSPS) is 13.9. The highest BCUT2D eigenvalue weighted by atomic mass is 32.2. The monoisotopic (exact) mass is 247 g/mol. The van der Waals surface area contributed by atoms with E-state index in [1.165, 1.54) is 0 Å². The van der Waals surface area contributed by atoms with Gasteiger partial charge >= 0.3 is 0 Å². The van der Waals surface area contributed by atoms with E-state index in [0.717, 1.165) is 19.1 Å². The van der Waals surface area contributed by atoms with Crippen molar-refractivity contribution in [2.75, 3.05) is 6.26 Å². The van der Waals surface area contributed by atoms with E-state index in [9.17, 15) is 8.42 Å². The zero-order valence-corrected chi connectivity index (χ0v) is 10.3. The van der Waals surface area contributed by atoms with E-state index in [2.05, 4.69) is 10.1 Å². The van der Waals surface area contributed by atoms with Crippen LogP contribution in [0.25, 0.3) is 0 Å². The first-order valence-corrected chi connectivity index (χ1v) is 7.17. The fraction of sp³-hybridized carbons (Fsp3) is 0.778. The van der Waals surface area contributed by atoms with Crippen LogP contribution in [0.3, 0.4) is 0 Å². The van der Waals surface area contributed by atoms with Crippen LogP contribution in [0.4, 0.5) is 0 Å². The number of rotatable bonds is 6. The van der Waals surface area contributed by atoms with E-state index in [-0.39, 0.29) is 17.6 Å². The number of aryl methyl sites for hydroxylation is 1. The van der Waals surface area contributed by atoms with E-state index in [1.807, 2.05) is 6.92 Å². The van der Waals surface area contributed by atoms with Gasteiger partial charge in [0.15, 0.2) is 15.7 Å². The molecule has 0 saturated heterocycles. The van der Waals surface area contributed by atoms with Crippen molar-refractivity contribution in [2.24, 2.45) is 5.73 Å². The molecule has 2 N–H and O–H groups in total. The summed E-state index contributed by atoms with van der Waals surface area (Å²) in [5.74, 6) is 0.515. The van der Waals surface area contributed by atoms with Gasteiger partial charge in [-0.1, -0.05) is 5.16 Å². The van der Waals surface area contributed by atoms with Crippen molar-refractivity contribution < 1.29 is 12.9 Å². The van der Waals surface area contributed by atoms with Gasteiger partial charge in [0.05, 0.1) is 0 Å². The number of hydrogen-bond acceptors (Lipinski definition) is 6. The summed E-state index contributed by atoms with van der Waals surface area (Å²) in [6.45, 7) is 1.93. The number of hydrogen-bond donors (Lipinski definition) is 1. The molecule has 0 spiro atoms. The summed E-state index contributed by atoms with van der Waals surface area (Å²) in [5.41, 5.74) is 5.60. The molecule has 7 heteroatoms. The summed E-state index contributed by atoms with van der Waals surface area (Å²) < 4.78 is 26.9. The summed E-state index contributed by atoms with van der Waals surface area (Å²) >= 11 is 0. The van der Waals surface area contributed by atoms with Gasteiger partial charge in [-0.05, 0) is 19.8 Å². The Kier molecular flexibility index (Phi) is 4.43. The van der Waals surface area contributed by atoms with Gasteiger partial charge in [0, 0.05) is 18.7 Å². The molecule has 1 aromatic rings. The molecule has 0 radical (unpaired) electrons. The molecular formula is C9H17N3O3S. The molecule has 16 heavy (non-hydrogen) atoms. The summed E-state index contributed by atoms with van der Waals surface area (Å²) in [6.07, 6.45) is 3.51. The molecular weight excluding hydrogens is 230 g/mol. The Morgan fingerprint density at radius 3 is 2.75 bits per heavy atom. The van der Waals surface area contributed by atoms with Crippen molar-refractivity contribution in [1.29, 1.82) is 0 Å². The highest BCUT2D eigenvalue weighted by Crippen LogP contribution is 2.06. The van der Waals surface area contributed by atoms with Crippen molar-refractivity contribution >= 4 is 9.84 Å². The second-order valence-corrected chi connectivity index (χ2v) is 6.18. The lowest BCUT2D eigenvalue weighted by Gasteiger charge is -2.00. The fourth-order valence-electron chi connectivity index (χ4n) is 1.26. The van der Waals surface area contributed by atoms with Crippen LogP contribution in [0.15, 0.2) is 4.52 Å². The molecule has 0 bridgehead atoms. The van der Waals surface area contributed by atoms with Crippen LogP contribution in [-0.2, 0) is 22.0 Å². The minimum Gasteiger partial charge on any atom is -0.339 e. The van der Waals surface area contributed by atoms with Gasteiger partial charge in [0.1, 0.15) is 5.75 Å². The zero-order chi connectivity index (χ0) is 12.2. The summed E-state index contributed by atoms with van der Waals surface area (Å²) in [7, 11) is -3.10. The van der Waals surface area contributed by atoms with Crippen molar-refractivity contribution in [3.8, 4) is 0 Å². The lowest BCUT2D eigenvalue weighted by Crippen LogP contribution is -2.14. The van der Waals surface area contributed by atoms with Gasteiger partial charge in [-0.2, -0.15) is 4.98 Å². The van der Waals surface area contributed by atoms with Crippen LogP contribution in [-0.4, -0.2) is 30.9 Å². The molecule has 0 amide bonds. The third-order valence-electron chi connectivity index (χ3n) is 1.95. The van der Waals surface area contributed by atoms with Crippen molar-refractivity contribution in [2.45, 2.75) is 38.0 Å². The molecule has 0 fully saturated rings. The van der Waals surface area contributed by atoms with Crippen molar-refractivity contribution in [1.82, 2.24) is 10.1 Å². The van der Waals surface area contributed by atoms with Crippen molar-refractivity contribution in [3.05, 3.63) is 11.7 Å². The van der Waals surface area contributed by atoms with Crippen LogP contribution >= 0.6 is 0 Å². The van der Waals surface area contributed by atoms with Gasteiger partial charge < -0.3 is 10.3 Å². The molecule has 0 aliphatic heterocycles.